The lowest BCUT2D eigenvalue weighted by Gasteiger charge is -2.28. The summed E-state index contributed by atoms with van der Waals surface area (Å²) in [7, 11) is 0. The molecule has 2 atom stereocenters. The summed E-state index contributed by atoms with van der Waals surface area (Å²) in [6, 6.07) is 0.341. The molecule has 0 amide bonds. The number of carboxylic acid groups (broad SMARTS) is 1. The summed E-state index contributed by atoms with van der Waals surface area (Å²) < 4.78 is 0. The van der Waals surface area contributed by atoms with Crippen LogP contribution in [0.3, 0.4) is 0 Å². The lowest BCUT2D eigenvalue weighted by Crippen LogP contribution is -2.48. The Morgan fingerprint density at radius 1 is 1.50 bits per heavy atom. The number of nitrogens with two attached hydrogens (primary N) is 1. The number of hydrogen-bond acceptors (Lipinski definition) is 3. The minimum Gasteiger partial charge on any atom is -0.480 e. The number of carbonyl (C=O) groups is 1. The topological polar surface area (TPSA) is 75.3 Å². The molecule has 0 heterocycles. The van der Waals surface area contributed by atoms with Crippen LogP contribution >= 0.6 is 0 Å². The predicted molar refractivity (Wildman–Crippen MR) is 45.9 cm³/mol. The molecule has 1 aliphatic carbocycles. The van der Waals surface area contributed by atoms with Crippen molar-refractivity contribution in [1.82, 2.24) is 5.32 Å². The van der Waals surface area contributed by atoms with Crippen LogP contribution in [-0.2, 0) is 4.79 Å². The van der Waals surface area contributed by atoms with Gasteiger partial charge in [0, 0.05) is 12.1 Å². The number of nitrogens with one attached hydrogen (secondary N) is 1. The zero-order valence-corrected chi connectivity index (χ0v) is 7.12. The molecule has 70 valence electrons. The molecule has 1 fully saturated rings. The molecule has 0 aromatic carbocycles. The van der Waals surface area contributed by atoms with Crippen molar-refractivity contribution < 1.29 is 9.90 Å². The summed E-state index contributed by atoms with van der Waals surface area (Å²) in [5.74, 6) is -0.812. The molecule has 4 heteroatoms. The zero-order valence-electron chi connectivity index (χ0n) is 7.12. The smallest absolute Gasteiger partial charge is 0.317 e. The average Bonchev–Trinajstić information content (AvgIpc) is 2.03. The summed E-state index contributed by atoms with van der Waals surface area (Å²) in [6.07, 6.45) is 4.35. The van der Waals surface area contributed by atoms with Gasteiger partial charge in [0.1, 0.15) is 0 Å². The Bertz CT molecular complexity index is 161. The molecule has 0 saturated heterocycles. The molecular weight excluding hydrogens is 156 g/mol. The minimum absolute atomic E-state index is 0.0262. The quantitative estimate of drug-likeness (QED) is 0.557. The molecule has 0 bridgehead atoms. The molecule has 1 rings (SSSR count). The Balaban J connectivity index is 2.24. The molecule has 0 spiro atoms. The van der Waals surface area contributed by atoms with E-state index >= 15 is 0 Å². The molecule has 4 N–H and O–H groups in total. The van der Waals surface area contributed by atoms with E-state index in [1.165, 1.54) is 6.42 Å². The van der Waals surface area contributed by atoms with Gasteiger partial charge in [-0.3, -0.25) is 4.79 Å². The van der Waals surface area contributed by atoms with E-state index in [4.69, 9.17) is 10.8 Å². The van der Waals surface area contributed by atoms with Crippen molar-refractivity contribution in [2.24, 2.45) is 5.73 Å². The van der Waals surface area contributed by atoms with E-state index in [0.29, 0.717) is 0 Å². The summed E-state index contributed by atoms with van der Waals surface area (Å²) in [4.78, 5) is 10.2. The highest BCUT2D eigenvalue weighted by Gasteiger charge is 2.21. The standard InChI is InChI=1S/C8H16N2O2/c9-6-3-1-2-4-7(6)10-5-8(11)12/h6-7,10H,1-5,9H2,(H,11,12)/t6-,7+/m1/s1. The molecule has 4 nitrogen and oxygen atoms in total. The van der Waals surface area contributed by atoms with E-state index in [9.17, 15) is 4.79 Å². The predicted octanol–water partition coefficient (Wildman–Crippen LogP) is -0.0695. The average molecular weight is 172 g/mol. The number of hydrogen-bond donors (Lipinski definition) is 3. The Morgan fingerprint density at radius 3 is 2.75 bits per heavy atom. The van der Waals surface area contributed by atoms with E-state index in [2.05, 4.69) is 5.32 Å². The van der Waals surface area contributed by atoms with Gasteiger partial charge < -0.3 is 16.2 Å². The Morgan fingerprint density at radius 2 is 2.17 bits per heavy atom. The first-order valence-electron chi connectivity index (χ1n) is 4.41. The molecule has 0 aromatic rings. The van der Waals surface area contributed by atoms with Gasteiger partial charge in [-0.2, -0.15) is 0 Å². The van der Waals surface area contributed by atoms with Crippen molar-refractivity contribution in [2.75, 3.05) is 6.54 Å². The van der Waals surface area contributed by atoms with E-state index in [1.807, 2.05) is 0 Å². The van der Waals surface area contributed by atoms with Gasteiger partial charge in [0.2, 0.25) is 0 Å². The monoisotopic (exact) mass is 172 g/mol. The van der Waals surface area contributed by atoms with E-state index in [-0.39, 0.29) is 18.6 Å². The lowest BCUT2D eigenvalue weighted by atomic mass is 9.91. The first kappa shape index (κ1) is 9.48. The largest absolute Gasteiger partial charge is 0.480 e. The van der Waals surface area contributed by atoms with Crippen LogP contribution in [0.5, 0.6) is 0 Å². The summed E-state index contributed by atoms with van der Waals surface area (Å²) in [6.45, 7) is 0.0262. The Labute approximate surface area is 72.1 Å². The SMILES string of the molecule is N[C@@H]1CCCC[C@@H]1NCC(=O)O. The first-order valence-corrected chi connectivity index (χ1v) is 4.41. The van der Waals surface area contributed by atoms with Crippen molar-refractivity contribution in [3.8, 4) is 0 Å². The van der Waals surface area contributed by atoms with Crippen LogP contribution in [-0.4, -0.2) is 29.7 Å². The van der Waals surface area contributed by atoms with Crippen molar-refractivity contribution in [3.05, 3.63) is 0 Å². The molecule has 1 saturated carbocycles. The maximum Gasteiger partial charge on any atom is 0.317 e. The Hall–Kier alpha value is -0.610. The van der Waals surface area contributed by atoms with Crippen LogP contribution in [0.25, 0.3) is 0 Å². The van der Waals surface area contributed by atoms with Gasteiger partial charge in [-0.15, -0.1) is 0 Å². The summed E-state index contributed by atoms with van der Waals surface area (Å²) in [5.41, 5.74) is 5.81. The number of rotatable bonds is 3. The van der Waals surface area contributed by atoms with Crippen LogP contribution in [0.15, 0.2) is 0 Å². The molecule has 1 aliphatic rings. The van der Waals surface area contributed by atoms with Crippen molar-refractivity contribution >= 4 is 5.97 Å². The molecule has 0 aliphatic heterocycles. The highest BCUT2D eigenvalue weighted by Crippen LogP contribution is 2.16. The van der Waals surface area contributed by atoms with Crippen LogP contribution in [0.4, 0.5) is 0 Å². The second-order valence-electron chi connectivity index (χ2n) is 3.33. The minimum atomic E-state index is -0.812. The van der Waals surface area contributed by atoms with Crippen molar-refractivity contribution in [3.63, 3.8) is 0 Å². The zero-order chi connectivity index (χ0) is 8.97. The third-order valence-corrected chi connectivity index (χ3v) is 2.33. The molecule has 0 unspecified atom stereocenters. The summed E-state index contributed by atoms with van der Waals surface area (Å²) >= 11 is 0. The number of aliphatic carboxylic acids is 1. The summed E-state index contributed by atoms with van der Waals surface area (Å²) in [5, 5.41) is 11.4. The normalized spacial score (nSPS) is 30.1. The van der Waals surface area contributed by atoms with Crippen LogP contribution in [0.1, 0.15) is 25.7 Å². The molecular formula is C8H16N2O2. The fraction of sp³-hybridized carbons (Fsp3) is 0.875. The van der Waals surface area contributed by atoms with Gasteiger partial charge in [0.25, 0.3) is 0 Å². The highest BCUT2D eigenvalue weighted by atomic mass is 16.4. The fourth-order valence-electron chi connectivity index (χ4n) is 1.63. The van der Waals surface area contributed by atoms with Crippen molar-refractivity contribution in [1.29, 1.82) is 0 Å². The van der Waals surface area contributed by atoms with E-state index in [0.717, 1.165) is 19.3 Å². The van der Waals surface area contributed by atoms with Crippen LogP contribution in [0, 0.1) is 0 Å². The highest BCUT2D eigenvalue weighted by molar-refractivity contribution is 5.69. The van der Waals surface area contributed by atoms with Gasteiger partial charge in [0.05, 0.1) is 6.54 Å². The van der Waals surface area contributed by atoms with E-state index < -0.39 is 5.97 Å². The molecule has 0 aromatic heterocycles. The third-order valence-electron chi connectivity index (χ3n) is 2.33. The van der Waals surface area contributed by atoms with Gasteiger partial charge in [0.15, 0.2) is 0 Å². The maximum atomic E-state index is 10.2. The van der Waals surface area contributed by atoms with Gasteiger partial charge in [-0.1, -0.05) is 12.8 Å². The van der Waals surface area contributed by atoms with Gasteiger partial charge in [-0.25, -0.2) is 0 Å². The van der Waals surface area contributed by atoms with E-state index in [1.54, 1.807) is 0 Å². The second kappa shape index (κ2) is 4.42. The third kappa shape index (κ3) is 2.79. The molecule has 12 heavy (non-hydrogen) atoms. The van der Waals surface area contributed by atoms with Crippen molar-refractivity contribution in [2.45, 2.75) is 37.8 Å². The van der Waals surface area contributed by atoms with Gasteiger partial charge >= 0.3 is 5.97 Å². The second-order valence-corrected chi connectivity index (χ2v) is 3.33. The maximum absolute atomic E-state index is 10.2. The van der Waals surface area contributed by atoms with Gasteiger partial charge in [-0.05, 0) is 12.8 Å². The molecule has 0 radical (unpaired) electrons. The van der Waals surface area contributed by atoms with Crippen LogP contribution in [0.2, 0.25) is 0 Å². The fourth-order valence-corrected chi connectivity index (χ4v) is 1.63. The van der Waals surface area contributed by atoms with Crippen LogP contribution < -0.4 is 11.1 Å². The Kier molecular flexibility index (Phi) is 3.49. The lowest BCUT2D eigenvalue weighted by molar-refractivity contribution is -0.136. The number of carboxylic acids is 1. The first-order chi connectivity index (χ1) is 5.70.